The smallest absolute Gasteiger partial charge is 0.0788 e. The first-order chi connectivity index (χ1) is 6.96. The van der Waals surface area contributed by atoms with Crippen molar-refractivity contribution in [3.05, 3.63) is 29.3 Å². The number of benzene rings is 1. The second-order valence-corrected chi connectivity index (χ2v) is 4.45. The van der Waals surface area contributed by atoms with Crippen molar-refractivity contribution in [3.8, 4) is 0 Å². The highest BCUT2D eigenvalue weighted by atomic mass is 16.3. The average Bonchev–Trinajstić information content (AvgIpc) is 2.20. The van der Waals surface area contributed by atoms with Crippen molar-refractivity contribution in [3.63, 3.8) is 0 Å². The lowest BCUT2D eigenvalue weighted by Crippen LogP contribution is -2.32. The quantitative estimate of drug-likeness (QED) is 0.795. The van der Waals surface area contributed by atoms with E-state index < -0.39 is 5.60 Å². The Labute approximate surface area is 92.3 Å². The van der Waals surface area contributed by atoms with Crippen LogP contribution in [0.4, 0.5) is 5.69 Å². The normalized spacial score (nSPS) is 14.7. The zero-order chi connectivity index (χ0) is 11.5. The average molecular weight is 207 g/mol. The van der Waals surface area contributed by atoms with Crippen LogP contribution in [-0.4, -0.2) is 17.3 Å². The Kier molecular flexibility index (Phi) is 3.75. The van der Waals surface area contributed by atoms with Crippen LogP contribution in [0.25, 0.3) is 0 Å². The Morgan fingerprint density at radius 2 is 2.00 bits per heavy atom. The fourth-order valence-electron chi connectivity index (χ4n) is 1.35. The maximum Gasteiger partial charge on any atom is 0.0788 e. The maximum absolute atomic E-state index is 9.88. The molecule has 0 spiro atoms. The van der Waals surface area contributed by atoms with Crippen LogP contribution in [0, 0.1) is 13.8 Å². The van der Waals surface area contributed by atoms with Gasteiger partial charge >= 0.3 is 0 Å². The monoisotopic (exact) mass is 207 g/mol. The van der Waals surface area contributed by atoms with Crippen molar-refractivity contribution in [2.45, 2.75) is 39.7 Å². The first kappa shape index (κ1) is 12.1. The lowest BCUT2D eigenvalue weighted by Gasteiger charge is -2.23. The molecule has 1 atom stereocenters. The summed E-state index contributed by atoms with van der Waals surface area (Å²) in [6, 6.07) is 6.18. The zero-order valence-corrected chi connectivity index (χ0v) is 10.1. The lowest BCUT2D eigenvalue weighted by atomic mass is 10.0. The molecule has 0 amide bonds. The van der Waals surface area contributed by atoms with Gasteiger partial charge in [-0.1, -0.05) is 19.1 Å². The number of aliphatic hydroxyl groups is 1. The Morgan fingerprint density at radius 3 is 2.60 bits per heavy atom. The molecule has 0 bridgehead atoms. The number of anilines is 1. The SMILES string of the molecule is CCC(C)(O)CNc1cccc(C)c1C. The van der Waals surface area contributed by atoms with E-state index >= 15 is 0 Å². The van der Waals surface area contributed by atoms with Crippen molar-refractivity contribution in [1.82, 2.24) is 0 Å². The van der Waals surface area contributed by atoms with Gasteiger partial charge in [-0.05, 0) is 44.4 Å². The number of hydrogen-bond acceptors (Lipinski definition) is 2. The number of aryl methyl sites for hydroxylation is 1. The summed E-state index contributed by atoms with van der Waals surface area (Å²) < 4.78 is 0. The molecule has 2 nitrogen and oxygen atoms in total. The van der Waals surface area contributed by atoms with Crippen LogP contribution in [0.5, 0.6) is 0 Å². The predicted molar refractivity (Wildman–Crippen MR) is 65.3 cm³/mol. The lowest BCUT2D eigenvalue weighted by molar-refractivity contribution is 0.0697. The molecular weight excluding hydrogens is 186 g/mol. The van der Waals surface area contributed by atoms with E-state index in [1.54, 1.807) is 0 Å². The van der Waals surface area contributed by atoms with Gasteiger partial charge in [0, 0.05) is 12.2 Å². The molecule has 0 heterocycles. The van der Waals surface area contributed by atoms with Crippen molar-refractivity contribution in [2.24, 2.45) is 0 Å². The van der Waals surface area contributed by atoms with Crippen LogP contribution in [0.3, 0.4) is 0 Å². The summed E-state index contributed by atoms with van der Waals surface area (Å²) in [5.74, 6) is 0. The fourth-order valence-corrected chi connectivity index (χ4v) is 1.35. The van der Waals surface area contributed by atoms with Crippen molar-refractivity contribution in [1.29, 1.82) is 0 Å². The molecule has 2 heteroatoms. The van der Waals surface area contributed by atoms with Gasteiger partial charge in [0.15, 0.2) is 0 Å². The molecular formula is C13H21NO. The van der Waals surface area contributed by atoms with Crippen LogP contribution >= 0.6 is 0 Å². The van der Waals surface area contributed by atoms with Gasteiger partial charge < -0.3 is 10.4 Å². The largest absolute Gasteiger partial charge is 0.388 e. The second kappa shape index (κ2) is 4.67. The molecule has 15 heavy (non-hydrogen) atoms. The van der Waals surface area contributed by atoms with E-state index in [1.807, 2.05) is 26.0 Å². The molecule has 1 aromatic rings. The van der Waals surface area contributed by atoms with Crippen molar-refractivity contribution < 1.29 is 5.11 Å². The Bertz CT molecular complexity index is 331. The van der Waals surface area contributed by atoms with Crippen molar-refractivity contribution in [2.75, 3.05) is 11.9 Å². The molecule has 0 saturated heterocycles. The molecule has 0 aliphatic heterocycles. The van der Waals surface area contributed by atoms with Gasteiger partial charge in [0.2, 0.25) is 0 Å². The van der Waals surface area contributed by atoms with Gasteiger partial charge in [0.1, 0.15) is 0 Å². The minimum atomic E-state index is -0.629. The molecule has 1 rings (SSSR count). The topological polar surface area (TPSA) is 32.3 Å². The van der Waals surface area contributed by atoms with Gasteiger partial charge in [0.25, 0.3) is 0 Å². The maximum atomic E-state index is 9.88. The molecule has 0 aromatic heterocycles. The number of hydrogen-bond donors (Lipinski definition) is 2. The minimum absolute atomic E-state index is 0.591. The van der Waals surface area contributed by atoms with E-state index in [1.165, 1.54) is 11.1 Å². The van der Waals surface area contributed by atoms with E-state index in [4.69, 9.17) is 0 Å². The van der Waals surface area contributed by atoms with Gasteiger partial charge in [-0.15, -0.1) is 0 Å². The molecule has 0 saturated carbocycles. The molecule has 1 unspecified atom stereocenters. The Morgan fingerprint density at radius 1 is 1.33 bits per heavy atom. The number of nitrogens with one attached hydrogen (secondary N) is 1. The fraction of sp³-hybridized carbons (Fsp3) is 0.538. The Balaban J connectivity index is 2.70. The first-order valence-electron chi connectivity index (χ1n) is 5.49. The van der Waals surface area contributed by atoms with Crippen LogP contribution < -0.4 is 5.32 Å². The minimum Gasteiger partial charge on any atom is -0.388 e. The molecule has 0 fully saturated rings. The highest BCUT2D eigenvalue weighted by molar-refractivity contribution is 5.53. The summed E-state index contributed by atoms with van der Waals surface area (Å²) in [5, 5.41) is 13.2. The van der Waals surface area contributed by atoms with Gasteiger partial charge in [-0.3, -0.25) is 0 Å². The summed E-state index contributed by atoms with van der Waals surface area (Å²) >= 11 is 0. The zero-order valence-electron chi connectivity index (χ0n) is 10.1. The molecule has 0 aliphatic carbocycles. The van der Waals surface area contributed by atoms with Crippen molar-refractivity contribution >= 4 is 5.69 Å². The third kappa shape index (κ3) is 3.24. The molecule has 0 aliphatic rings. The summed E-state index contributed by atoms with van der Waals surface area (Å²) in [4.78, 5) is 0. The van der Waals surface area contributed by atoms with Crippen LogP contribution in [0.1, 0.15) is 31.4 Å². The van der Waals surface area contributed by atoms with Crippen LogP contribution in [0.2, 0.25) is 0 Å². The molecule has 84 valence electrons. The third-order valence-corrected chi connectivity index (χ3v) is 3.03. The van der Waals surface area contributed by atoms with Gasteiger partial charge in [0.05, 0.1) is 5.60 Å². The summed E-state index contributed by atoms with van der Waals surface area (Å²) in [6.45, 7) is 8.63. The first-order valence-corrected chi connectivity index (χ1v) is 5.49. The predicted octanol–water partition coefficient (Wildman–Crippen LogP) is 2.88. The van der Waals surface area contributed by atoms with Gasteiger partial charge in [-0.25, -0.2) is 0 Å². The molecule has 2 N–H and O–H groups in total. The number of rotatable bonds is 4. The van der Waals surface area contributed by atoms with E-state index in [-0.39, 0.29) is 0 Å². The second-order valence-electron chi connectivity index (χ2n) is 4.45. The Hall–Kier alpha value is -1.02. The van der Waals surface area contributed by atoms with E-state index in [2.05, 4.69) is 25.2 Å². The molecule has 0 radical (unpaired) electrons. The van der Waals surface area contributed by atoms with Gasteiger partial charge in [-0.2, -0.15) is 0 Å². The summed E-state index contributed by atoms with van der Waals surface area (Å²) in [5.41, 5.74) is 3.01. The standard InChI is InChI=1S/C13H21NO/c1-5-13(4,15)9-14-12-8-6-7-10(2)11(12)3/h6-8,14-15H,5,9H2,1-4H3. The highest BCUT2D eigenvalue weighted by Gasteiger charge is 2.17. The van der Waals surface area contributed by atoms with Crippen LogP contribution in [0.15, 0.2) is 18.2 Å². The summed E-state index contributed by atoms with van der Waals surface area (Å²) in [7, 11) is 0. The third-order valence-electron chi connectivity index (χ3n) is 3.03. The summed E-state index contributed by atoms with van der Waals surface area (Å²) in [6.07, 6.45) is 0.755. The van der Waals surface area contributed by atoms with Crippen LogP contribution in [-0.2, 0) is 0 Å². The highest BCUT2D eigenvalue weighted by Crippen LogP contribution is 2.19. The van der Waals surface area contributed by atoms with E-state index in [0.29, 0.717) is 6.54 Å². The van der Waals surface area contributed by atoms with E-state index in [0.717, 1.165) is 12.1 Å². The molecule has 1 aromatic carbocycles. The van der Waals surface area contributed by atoms with E-state index in [9.17, 15) is 5.11 Å².